The first-order valence-electron chi connectivity index (χ1n) is 4.29. The summed E-state index contributed by atoms with van der Waals surface area (Å²) in [6, 6.07) is -1.36. The molecule has 0 saturated carbocycles. The molecule has 0 saturated heterocycles. The summed E-state index contributed by atoms with van der Waals surface area (Å²) in [5.74, 6) is -0.949. The van der Waals surface area contributed by atoms with Gasteiger partial charge in [0.25, 0.3) is 0 Å². The van der Waals surface area contributed by atoms with Crippen molar-refractivity contribution in [2.24, 2.45) is 0 Å². The van der Waals surface area contributed by atoms with Gasteiger partial charge in [-0.1, -0.05) is 0 Å². The lowest BCUT2D eigenvalue weighted by Gasteiger charge is -2.16. The van der Waals surface area contributed by atoms with Crippen molar-refractivity contribution in [2.75, 3.05) is 14.2 Å². The number of methoxy groups -OCH3 is 2. The van der Waals surface area contributed by atoms with Crippen molar-refractivity contribution in [2.45, 2.75) is 25.1 Å². The minimum Gasteiger partial charge on any atom is -0.467 e. The quantitative estimate of drug-likeness (QED) is 0.754. The maximum Gasteiger partial charge on any atom is 0.407 e. The van der Waals surface area contributed by atoms with Crippen LogP contribution in [0.4, 0.5) is 18.0 Å². The summed E-state index contributed by atoms with van der Waals surface area (Å²) in [6.45, 7) is 0. The largest absolute Gasteiger partial charge is 0.467 e. The van der Waals surface area contributed by atoms with E-state index in [1.807, 2.05) is 5.32 Å². The van der Waals surface area contributed by atoms with E-state index in [2.05, 4.69) is 9.47 Å². The average molecular weight is 243 g/mol. The van der Waals surface area contributed by atoms with E-state index < -0.39 is 37.1 Å². The summed E-state index contributed by atoms with van der Waals surface area (Å²) in [4.78, 5) is 21.8. The molecular weight excluding hydrogens is 231 g/mol. The number of amides is 1. The van der Waals surface area contributed by atoms with Gasteiger partial charge in [-0.3, -0.25) is 0 Å². The Morgan fingerprint density at radius 3 is 2.19 bits per heavy atom. The van der Waals surface area contributed by atoms with E-state index in [9.17, 15) is 22.8 Å². The zero-order valence-corrected chi connectivity index (χ0v) is 8.76. The predicted molar refractivity (Wildman–Crippen MR) is 46.6 cm³/mol. The number of halogens is 3. The second-order valence-corrected chi connectivity index (χ2v) is 2.87. The smallest absolute Gasteiger partial charge is 0.407 e. The van der Waals surface area contributed by atoms with Crippen molar-refractivity contribution in [3.63, 3.8) is 0 Å². The standard InChI is InChI=1S/C8H12F3NO4/c1-15-6(13)5(12-7(14)16-2)3-4-8(9,10)11/h5H,3-4H2,1-2H3,(H,12,14)/t5-/m0/s1. The third-order valence-corrected chi connectivity index (χ3v) is 1.68. The van der Waals surface area contributed by atoms with Crippen molar-refractivity contribution in [3.8, 4) is 0 Å². The summed E-state index contributed by atoms with van der Waals surface area (Å²) in [5.41, 5.74) is 0. The molecule has 0 spiro atoms. The van der Waals surface area contributed by atoms with E-state index in [0.717, 1.165) is 14.2 Å². The summed E-state index contributed by atoms with van der Waals surface area (Å²) >= 11 is 0. The predicted octanol–water partition coefficient (Wildman–Crippen LogP) is 1.23. The van der Waals surface area contributed by atoms with E-state index in [4.69, 9.17) is 0 Å². The molecule has 16 heavy (non-hydrogen) atoms. The van der Waals surface area contributed by atoms with Crippen LogP contribution in [-0.2, 0) is 14.3 Å². The van der Waals surface area contributed by atoms with Gasteiger partial charge in [-0.05, 0) is 6.42 Å². The van der Waals surface area contributed by atoms with E-state index in [0.29, 0.717) is 0 Å². The van der Waals surface area contributed by atoms with Gasteiger partial charge in [0.2, 0.25) is 0 Å². The second kappa shape index (κ2) is 6.19. The highest BCUT2D eigenvalue weighted by atomic mass is 19.4. The normalized spacial score (nSPS) is 12.8. The fraction of sp³-hybridized carbons (Fsp3) is 0.750. The Hall–Kier alpha value is -1.47. The van der Waals surface area contributed by atoms with E-state index in [1.165, 1.54) is 0 Å². The molecule has 5 nitrogen and oxygen atoms in total. The van der Waals surface area contributed by atoms with Crippen LogP contribution in [0.5, 0.6) is 0 Å². The van der Waals surface area contributed by atoms with Crippen LogP contribution >= 0.6 is 0 Å². The lowest BCUT2D eigenvalue weighted by Crippen LogP contribution is -2.42. The molecule has 0 aliphatic rings. The molecule has 0 heterocycles. The second-order valence-electron chi connectivity index (χ2n) is 2.87. The number of esters is 1. The highest BCUT2D eigenvalue weighted by Crippen LogP contribution is 2.22. The maximum absolute atomic E-state index is 11.9. The van der Waals surface area contributed by atoms with E-state index >= 15 is 0 Å². The van der Waals surface area contributed by atoms with Crippen molar-refractivity contribution in [3.05, 3.63) is 0 Å². The van der Waals surface area contributed by atoms with Crippen molar-refractivity contribution < 1.29 is 32.2 Å². The number of carbonyl (C=O) groups is 2. The number of rotatable bonds is 4. The van der Waals surface area contributed by atoms with Crippen LogP contribution in [0.3, 0.4) is 0 Å². The molecule has 1 atom stereocenters. The first-order valence-corrected chi connectivity index (χ1v) is 4.29. The molecule has 1 N–H and O–H groups in total. The molecule has 1 amide bonds. The molecule has 0 aromatic rings. The zero-order valence-electron chi connectivity index (χ0n) is 8.76. The molecule has 0 aliphatic heterocycles. The van der Waals surface area contributed by atoms with E-state index in [-0.39, 0.29) is 0 Å². The number of alkyl carbamates (subject to hydrolysis) is 1. The monoisotopic (exact) mass is 243 g/mol. The Morgan fingerprint density at radius 2 is 1.81 bits per heavy atom. The SMILES string of the molecule is COC(=O)N[C@@H](CCC(F)(F)F)C(=O)OC. The lowest BCUT2D eigenvalue weighted by molar-refractivity contribution is -0.148. The summed E-state index contributed by atoms with van der Waals surface area (Å²) in [6.07, 6.45) is -7.18. The van der Waals surface area contributed by atoms with Gasteiger partial charge in [0.05, 0.1) is 14.2 Å². The topological polar surface area (TPSA) is 64.6 Å². The first-order chi connectivity index (χ1) is 7.30. The fourth-order valence-electron chi connectivity index (χ4n) is 0.900. The van der Waals surface area contributed by atoms with Crippen LogP contribution in [0.2, 0.25) is 0 Å². The molecule has 0 unspecified atom stereocenters. The van der Waals surface area contributed by atoms with Gasteiger partial charge in [-0.25, -0.2) is 9.59 Å². The van der Waals surface area contributed by atoms with E-state index in [1.54, 1.807) is 0 Å². The Balaban J connectivity index is 4.33. The highest BCUT2D eigenvalue weighted by Gasteiger charge is 2.31. The number of nitrogens with one attached hydrogen (secondary N) is 1. The van der Waals surface area contributed by atoms with Gasteiger partial charge in [0, 0.05) is 6.42 Å². The number of ether oxygens (including phenoxy) is 2. The third kappa shape index (κ3) is 6.10. The molecule has 94 valence electrons. The number of alkyl halides is 3. The zero-order chi connectivity index (χ0) is 12.8. The maximum atomic E-state index is 11.9. The Bertz CT molecular complexity index is 254. The fourth-order valence-corrected chi connectivity index (χ4v) is 0.900. The van der Waals surface area contributed by atoms with Gasteiger partial charge in [-0.2, -0.15) is 13.2 Å². The van der Waals surface area contributed by atoms with Crippen LogP contribution in [0.25, 0.3) is 0 Å². The van der Waals surface area contributed by atoms with Crippen molar-refractivity contribution >= 4 is 12.1 Å². The minimum atomic E-state index is -4.40. The summed E-state index contributed by atoms with van der Waals surface area (Å²) < 4.78 is 44.1. The number of hydrogen-bond donors (Lipinski definition) is 1. The molecule has 0 radical (unpaired) electrons. The number of carbonyl (C=O) groups excluding carboxylic acids is 2. The number of hydrogen-bond acceptors (Lipinski definition) is 4. The van der Waals surface area contributed by atoms with Crippen LogP contribution < -0.4 is 5.32 Å². The highest BCUT2D eigenvalue weighted by molar-refractivity contribution is 5.81. The van der Waals surface area contributed by atoms with Gasteiger partial charge >= 0.3 is 18.2 Å². The molecule has 8 heteroatoms. The molecule has 0 fully saturated rings. The van der Waals surface area contributed by atoms with Crippen LogP contribution in [0.1, 0.15) is 12.8 Å². The molecular formula is C8H12F3NO4. The average Bonchev–Trinajstić information content (AvgIpc) is 2.21. The molecule has 0 aromatic heterocycles. The Labute approximate surface area is 89.9 Å². The van der Waals surface area contributed by atoms with Gasteiger partial charge in [0.1, 0.15) is 6.04 Å². The Kier molecular flexibility index (Phi) is 5.62. The third-order valence-electron chi connectivity index (χ3n) is 1.68. The molecule has 0 aromatic carbocycles. The van der Waals surface area contributed by atoms with Gasteiger partial charge < -0.3 is 14.8 Å². The molecule has 0 bridgehead atoms. The Morgan fingerprint density at radius 1 is 1.25 bits per heavy atom. The molecule has 0 rings (SSSR count). The van der Waals surface area contributed by atoms with Crippen LogP contribution in [0.15, 0.2) is 0 Å². The van der Waals surface area contributed by atoms with Gasteiger partial charge in [0.15, 0.2) is 0 Å². The van der Waals surface area contributed by atoms with Crippen molar-refractivity contribution in [1.82, 2.24) is 5.32 Å². The summed E-state index contributed by atoms with van der Waals surface area (Å²) in [7, 11) is 2.05. The molecule has 0 aliphatic carbocycles. The first kappa shape index (κ1) is 14.5. The van der Waals surface area contributed by atoms with Gasteiger partial charge in [-0.15, -0.1) is 0 Å². The summed E-state index contributed by atoms with van der Waals surface area (Å²) in [5, 5.41) is 1.95. The lowest BCUT2D eigenvalue weighted by atomic mass is 10.1. The van der Waals surface area contributed by atoms with Crippen molar-refractivity contribution in [1.29, 1.82) is 0 Å². The van der Waals surface area contributed by atoms with Crippen LogP contribution in [0, 0.1) is 0 Å². The minimum absolute atomic E-state index is 0.592. The van der Waals surface area contributed by atoms with Crippen LogP contribution in [-0.4, -0.2) is 38.5 Å².